The minimum atomic E-state index is -0.318. The number of pyridine rings is 1. The SMILES string of the molecule is CCC(Sc1cccc(NC(=O)c2cccc(Cl)c2)c1)C(=O)Nc1ccc(Cl)cn1. The van der Waals surface area contributed by atoms with Gasteiger partial charge in [-0.05, 0) is 55.0 Å². The molecular weight excluding hydrogens is 441 g/mol. The molecule has 2 N–H and O–H groups in total. The molecule has 3 aromatic rings. The standard InChI is InChI=1S/C22H19Cl2N3O2S/c1-2-19(22(29)27-20-10-9-16(24)13-25-20)30-18-8-4-7-17(12-18)26-21(28)14-5-3-6-15(23)11-14/h3-13,19H,2H2,1H3,(H,26,28)(H,25,27,29). The highest BCUT2D eigenvalue weighted by Crippen LogP contribution is 2.28. The second-order valence-corrected chi connectivity index (χ2v) is 8.51. The molecule has 2 aromatic carbocycles. The number of anilines is 2. The van der Waals surface area contributed by atoms with Crippen molar-refractivity contribution in [1.29, 1.82) is 0 Å². The van der Waals surface area contributed by atoms with Gasteiger partial charge < -0.3 is 10.6 Å². The number of carbonyl (C=O) groups excluding carboxylic acids is 2. The fourth-order valence-corrected chi connectivity index (χ4v) is 3.94. The number of benzene rings is 2. The molecule has 1 atom stereocenters. The molecule has 2 amide bonds. The number of amides is 2. The zero-order valence-corrected chi connectivity index (χ0v) is 18.4. The fraction of sp³-hybridized carbons (Fsp3) is 0.136. The van der Waals surface area contributed by atoms with Crippen molar-refractivity contribution in [2.24, 2.45) is 0 Å². The van der Waals surface area contributed by atoms with E-state index < -0.39 is 0 Å². The van der Waals surface area contributed by atoms with Gasteiger partial charge in [0.1, 0.15) is 5.82 Å². The van der Waals surface area contributed by atoms with Gasteiger partial charge >= 0.3 is 0 Å². The van der Waals surface area contributed by atoms with E-state index in [-0.39, 0.29) is 17.1 Å². The predicted molar refractivity (Wildman–Crippen MR) is 124 cm³/mol. The minimum absolute atomic E-state index is 0.148. The van der Waals surface area contributed by atoms with Crippen LogP contribution in [-0.2, 0) is 4.79 Å². The Labute approximate surface area is 189 Å². The zero-order valence-electron chi connectivity index (χ0n) is 16.1. The van der Waals surface area contributed by atoms with E-state index in [4.69, 9.17) is 23.2 Å². The van der Waals surface area contributed by atoms with E-state index in [1.54, 1.807) is 42.5 Å². The summed E-state index contributed by atoms with van der Waals surface area (Å²) in [6.07, 6.45) is 2.11. The highest BCUT2D eigenvalue weighted by molar-refractivity contribution is 8.00. The van der Waals surface area contributed by atoms with Crippen LogP contribution in [0.25, 0.3) is 0 Å². The van der Waals surface area contributed by atoms with Crippen molar-refractivity contribution in [2.75, 3.05) is 10.6 Å². The van der Waals surface area contributed by atoms with Crippen molar-refractivity contribution < 1.29 is 9.59 Å². The molecule has 1 aromatic heterocycles. The fourth-order valence-electron chi connectivity index (χ4n) is 2.62. The van der Waals surface area contributed by atoms with Crippen LogP contribution in [-0.4, -0.2) is 22.0 Å². The van der Waals surface area contributed by atoms with Crippen LogP contribution in [0, 0.1) is 0 Å². The number of nitrogens with one attached hydrogen (secondary N) is 2. The summed E-state index contributed by atoms with van der Waals surface area (Å²) in [6.45, 7) is 1.94. The number of carbonyl (C=O) groups is 2. The summed E-state index contributed by atoms with van der Waals surface area (Å²) in [4.78, 5) is 30.0. The molecule has 0 saturated carbocycles. The smallest absolute Gasteiger partial charge is 0.255 e. The molecule has 0 aliphatic rings. The van der Waals surface area contributed by atoms with E-state index in [1.807, 2.05) is 25.1 Å². The Bertz CT molecular complexity index is 1040. The van der Waals surface area contributed by atoms with Gasteiger partial charge in [0.05, 0.1) is 10.3 Å². The number of nitrogens with zero attached hydrogens (tertiary/aromatic N) is 1. The summed E-state index contributed by atoms with van der Waals surface area (Å²) in [5.41, 5.74) is 1.11. The molecule has 0 radical (unpaired) electrons. The summed E-state index contributed by atoms with van der Waals surface area (Å²) in [6, 6.07) is 17.4. The quantitative estimate of drug-likeness (QED) is 0.415. The average Bonchev–Trinajstić information content (AvgIpc) is 2.74. The number of rotatable bonds is 7. The van der Waals surface area contributed by atoms with E-state index in [1.165, 1.54) is 18.0 Å². The molecule has 0 fully saturated rings. The molecule has 0 spiro atoms. The summed E-state index contributed by atoms with van der Waals surface area (Å²) >= 11 is 13.2. The van der Waals surface area contributed by atoms with Crippen LogP contribution in [0.15, 0.2) is 71.8 Å². The van der Waals surface area contributed by atoms with Crippen molar-refractivity contribution in [3.8, 4) is 0 Å². The highest BCUT2D eigenvalue weighted by Gasteiger charge is 2.19. The Morgan fingerprint density at radius 1 is 1.00 bits per heavy atom. The lowest BCUT2D eigenvalue weighted by atomic mass is 10.2. The normalized spacial score (nSPS) is 11.6. The van der Waals surface area contributed by atoms with Gasteiger partial charge in [0.25, 0.3) is 5.91 Å². The summed E-state index contributed by atoms with van der Waals surface area (Å²) < 4.78 is 0. The van der Waals surface area contributed by atoms with Crippen LogP contribution in [0.4, 0.5) is 11.5 Å². The van der Waals surface area contributed by atoms with Crippen LogP contribution in [0.3, 0.4) is 0 Å². The summed E-state index contributed by atoms with van der Waals surface area (Å²) in [5.74, 6) is 0.0509. The molecule has 8 heteroatoms. The van der Waals surface area contributed by atoms with Gasteiger partial charge in [0, 0.05) is 27.4 Å². The van der Waals surface area contributed by atoms with E-state index >= 15 is 0 Å². The van der Waals surface area contributed by atoms with Crippen LogP contribution < -0.4 is 10.6 Å². The molecule has 5 nitrogen and oxygen atoms in total. The number of hydrogen-bond donors (Lipinski definition) is 2. The molecule has 0 aliphatic carbocycles. The maximum Gasteiger partial charge on any atom is 0.255 e. The summed E-state index contributed by atoms with van der Waals surface area (Å²) in [7, 11) is 0. The van der Waals surface area contributed by atoms with Crippen molar-refractivity contribution in [3.63, 3.8) is 0 Å². The monoisotopic (exact) mass is 459 g/mol. The first-order chi connectivity index (χ1) is 14.4. The Kier molecular flexibility index (Phi) is 7.74. The molecule has 1 heterocycles. The topological polar surface area (TPSA) is 71.1 Å². The van der Waals surface area contributed by atoms with E-state index in [0.717, 1.165) is 4.90 Å². The van der Waals surface area contributed by atoms with Crippen LogP contribution >= 0.6 is 35.0 Å². The van der Waals surface area contributed by atoms with Crippen molar-refractivity contribution in [2.45, 2.75) is 23.5 Å². The maximum absolute atomic E-state index is 12.6. The third-order valence-electron chi connectivity index (χ3n) is 4.10. The number of aromatic nitrogens is 1. The Morgan fingerprint density at radius 2 is 1.80 bits per heavy atom. The Morgan fingerprint density at radius 3 is 2.50 bits per heavy atom. The molecule has 0 aliphatic heterocycles. The zero-order chi connectivity index (χ0) is 21.5. The van der Waals surface area contributed by atoms with Gasteiger partial charge in [-0.25, -0.2) is 4.98 Å². The van der Waals surface area contributed by atoms with Crippen LogP contribution in [0.1, 0.15) is 23.7 Å². The molecule has 3 rings (SSSR count). The molecule has 0 bridgehead atoms. The van der Waals surface area contributed by atoms with E-state index in [0.29, 0.717) is 33.5 Å². The number of halogens is 2. The van der Waals surface area contributed by atoms with Gasteiger partial charge in [0.15, 0.2) is 0 Å². The van der Waals surface area contributed by atoms with Crippen molar-refractivity contribution in [1.82, 2.24) is 4.98 Å². The largest absolute Gasteiger partial charge is 0.322 e. The minimum Gasteiger partial charge on any atom is -0.322 e. The van der Waals surface area contributed by atoms with Crippen molar-refractivity contribution in [3.05, 3.63) is 82.5 Å². The predicted octanol–water partition coefficient (Wildman–Crippen LogP) is 6.15. The molecule has 30 heavy (non-hydrogen) atoms. The lowest BCUT2D eigenvalue weighted by molar-refractivity contribution is -0.115. The molecule has 154 valence electrons. The summed E-state index contributed by atoms with van der Waals surface area (Å²) in [5, 5.41) is 6.35. The second kappa shape index (κ2) is 10.5. The first-order valence-corrected chi connectivity index (χ1v) is 10.8. The van der Waals surface area contributed by atoms with Gasteiger partial charge in [0.2, 0.25) is 5.91 Å². The third-order valence-corrected chi connectivity index (χ3v) is 5.92. The lowest BCUT2D eigenvalue weighted by Crippen LogP contribution is -2.25. The van der Waals surface area contributed by atoms with Crippen LogP contribution in [0.2, 0.25) is 10.0 Å². The van der Waals surface area contributed by atoms with Crippen molar-refractivity contribution >= 4 is 58.3 Å². The van der Waals surface area contributed by atoms with Crippen LogP contribution in [0.5, 0.6) is 0 Å². The number of thioether (sulfide) groups is 1. The Hall–Kier alpha value is -2.54. The molecule has 1 unspecified atom stereocenters. The lowest BCUT2D eigenvalue weighted by Gasteiger charge is -2.15. The third kappa shape index (κ3) is 6.23. The van der Waals surface area contributed by atoms with Gasteiger partial charge in [-0.3, -0.25) is 9.59 Å². The van der Waals surface area contributed by atoms with Gasteiger partial charge in [-0.15, -0.1) is 11.8 Å². The number of hydrogen-bond acceptors (Lipinski definition) is 4. The first-order valence-electron chi connectivity index (χ1n) is 9.20. The van der Waals surface area contributed by atoms with E-state index in [2.05, 4.69) is 15.6 Å². The van der Waals surface area contributed by atoms with Gasteiger partial charge in [-0.1, -0.05) is 42.3 Å². The molecular formula is C22H19Cl2N3O2S. The maximum atomic E-state index is 12.6. The average molecular weight is 460 g/mol. The highest BCUT2D eigenvalue weighted by atomic mass is 35.5. The molecule has 0 saturated heterocycles. The van der Waals surface area contributed by atoms with Gasteiger partial charge in [-0.2, -0.15) is 0 Å². The van der Waals surface area contributed by atoms with E-state index in [9.17, 15) is 9.59 Å². The Balaban J connectivity index is 1.66. The first kappa shape index (κ1) is 22.2. The second-order valence-electron chi connectivity index (χ2n) is 6.36.